The van der Waals surface area contributed by atoms with Crippen molar-refractivity contribution in [2.75, 3.05) is 0 Å². The van der Waals surface area contributed by atoms with Crippen LogP contribution in [-0.2, 0) is 0 Å². The highest BCUT2D eigenvalue weighted by Crippen LogP contribution is 2.50. The highest BCUT2D eigenvalue weighted by Gasteiger charge is 2.37. The molecule has 2 aromatic rings. The molecule has 0 spiro atoms. The number of nitrogens with zero attached hydrogens (tertiary/aromatic N) is 2. The van der Waals surface area contributed by atoms with Crippen molar-refractivity contribution in [1.82, 2.24) is 0 Å². The van der Waals surface area contributed by atoms with E-state index in [1.165, 1.54) is 36.4 Å². The molecule has 2 aliphatic heterocycles. The number of Topliss-reactive ketones (excluding diaryl/α,β-unsaturated/α-hetero) is 2. The summed E-state index contributed by atoms with van der Waals surface area (Å²) in [5.74, 6) is -0.904. The van der Waals surface area contributed by atoms with Crippen LogP contribution in [0, 0.1) is 20.2 Å². The lowest BCUT2D eigenvalue weighted by Gasteiger charge is -1.98. The summed E-state index contributed by atoms with van der Waals surface area (Å²) in [6.07, 6.45) is 0. The molecule has 0 fully saturated rings. The van der Waals surface area contributed by atoms with Gasteiger partial charge < -0.3 is 0 Å². The third kappa shape index (κ3) is 2.42. The van der Waals surface area contributed by atoms with E-state index in [4.69, 9.17) is 0 Å². The van der Waals surface area contributed by atoms with Gasteiger partial charge in [-0.25, -0.2) is 0 Å². The molecule has 2 aliphatic rings. The van der Waals surface area contributed by atoms with Crippen LogP contribution in [0.4, 0.5) is 11.4 Å². The Labute approximate surface area is 153 Å². The van der Waals surface area contributed by atoms with Gasteiger partial charge in [0, 0.05) is 45.2 Å². The fraction of sp³-hybridized carbons (Fsp3) is 0. The van der Waals surface area contributed by atoms with Crippen molar-refractivity contribution in [2.45, 2.75) is 9.79 Å². The molecule has 0 atom stereocenters. The van der Waals surface area contributed by atoms with Gasteiger partial charge in [-0.3, -0.25) is 29.8 Å². The highest BCUT2D eigenvalue weighted by atomic mass is 32.2. The van der Waals surface area contributed by atoms with E-state index in [1.807, 2.05) is 0 Å². The minimum atomic E-state index is -0.589. The molecule has 2 aromatic carbocycles. The Kier molecular flexibility index (Phi) is 3.67. The van der Waals surface area contributed by atoms with Gasteiger partial charge in [0.05, 0.1) is 19.7 Å². The van der Waals surface area contributed by atoms with E-state index in [-0.39, 0.29) is 32.3 Å². The lowest BCUT2D eigenvalue weighted by molar-refractivity contribution is -0.385. The number of rotatable bonds is 2. The Morgan fingerprint density at radius 1 is 0.692 bits per heavy atom. The molecule has 0 unspecified atom stereocenters. The van der Waals surface area contributed by atoms with Crippen molar-refractivity contribution in [3.8, 4) is 0 Å². The number of hydrogen-bond donors (Lipinski definition) is 0. The van der Waals surface area contributed by atoms with Crippen LogP contribution in [-0.4, -0.2) is 21.4 Å². The zero-order chi connectivity index (χ0) is 18.6. The van der Waals surface area contributed by atoms with Gasteiger partial charge in [-0.2, -0.15) is 0 Å². The standard InChI is InChI=1S/C16H6N2O6S2/c19-13-9-5-7(17(21)22)1-3-11(9)25-15(13)16-14(20)10-6-8(18(23)24)2-4-12(10)26-16/h1-6H. The molecule has 0 radical (unpaired) electrons. The number of fused-ring (bicyclic) bond motifs is 2. The number of carbonyl (C=O) groups is 2. The average molecular weight is 386 g/mol. The summed E-state index contributed by atoms with van der Waals surface area (Å²) in [5.41, 5.74) is -0.0365. The SMILES string of the molecule is O=C1C(=C2Sc3ccc([N+](=O)[O-])cc3C2=O)Sc2ccc([N+](=O)[O-])cc21. The predicted molar refractivity (Wildman–Crippen MR) is 93.6 cm³/mol. The van der Waals surface area contributed by atoms with Gasteiger partial charge in [0.25, 0.3) is 11.4 Å². The number of nitro benzene ring substituents is 2. The summed E-state index contributed by atoms with van der Waals surface area (Å²) >= 11 is 2.16. The van der Waals surface area contributed by atoms with E-state index in [0.717, 1.165) is 23.5 Å². The molecule has 128 valence electrons. The Bertz CT molecular complexity index is 1010. The number of allylic oxidation sites excluding steroid dienone is 2. The van der Waals surface area contributed by atoms with Crippen molar-refractivity contribution in [3.63, 3.8) is 0 Å². The number of hydrogen-bond acceptors (Lipinski definition) is 8. The van der Waals surface area contributed by atoms with E-state index in [0.29, 0.717) is 9.79 Å². The molecule has 0 aliphatic carbocycles. The Balaban J connectivity index is 1.77. The molecule has 26 heavy (non-hydrogen) atoms. The minimum Gasteiger partial charge on any atom is -0.288 e. The van der Waals surface area contributed by atoms with Gasteiger partial charge >= 0.3 is 0 Å². The molecule has 8 nitrogen and oxygen atoms in total. The van der Waals surface area contributed by atoms with Crippen LogP contribution < -0.4 is 0 Å². The maximum Gasteiger partial charge on any atom is 0.270 e. The Morgan fingerprint density at radius 3 is 1.42 bits per heavy atom. The van der Waals surface area contributed by atoms with Crippen molar-refractivity contribution in [1.29, 1.82) is 0 Å². The van der Waals surface area contributed by atoms with Crippen LogP contribution in [0.25, 0.3) is 0 Å². The van der Waals surface area contributed by atoms with E-state index in [9.17, 15) is 29.8 Å². The molecule has 0 bridgehead atoms. The van der Waals surface area contributed by atoms with Gasteiger partial charge in [-0.1, -0.05) is 23.5 Å². The molecule has 0 saturated carbocycles. The van der Waals surface area contributed by atoms with E-state index >= 15 is 0 Å². The van der Waals surface area contributed by atoms with Crippen LogP contribution in [0.5, 0.6) is 0 Å². The van der Waals surface area contributed by atoms with Crippen molar-refractivity contribution < 1.29 is 19.4 Å². The lowest BCUT2D eigenvalue weighted by Crippen LogP contribution is -2.02. The zero-order valence-electron chi connectivity index (χ0n) is 12.6. The van der Waals surface area contributed by atoms with Crippen LogP contribution in [0.2, 0.25) is 0 Å². The monoisotopic (exact) mass is 386 g/mol. The molecule has 0 amide bonds. The molecular formula is C16H6N2O6S2. The maximum absolute atomic E-state index is 12.7. The van der Waals surface area contributed by atoms with Gasteiger partial charge in [0.15, 0.2) is 0 Å². The summed E-state index contributed by atoms with van der Waals surface area (Å²) in [6.45, 7) is 0. The zero-order valence-corrected chi connectivity index (χ0v) is 14.3. The van der Waals surface area contributed by atoms with Crippen LogP contribution in [0.15, 0.2) is 56.0 Å². The van der Waals surface area contributed by atoms with Gasteiger partial charge in [0.1, 0.15) is 0 Å². The summed E-state index contributed by atoms with van der Waals surface area (Å²) < 4.78 is 0. The number of thioether (sulfide) groups is 2. The average Bonchev–Trinajstić information content (AvgIpc) is 3.11. The smallest absolute Gasteiger partial charge is 0.270 e. The second-order valence-electron chi connectivity index (χ2n) is 5.40. The lowest BCUT2D eigenvalue weighted by atomic mass is 10.1. The molecule has 0 saturated heterocycles. The number of nitro groups is 2. The van der Waals surface area contributed by atoms with Crippen LogP contribution in [0.1, 0.15) is 20.7 Å². The quantitative estimate of drug-likeness (QED) is 0.431. The van der Waals surface area contributed by atoms with Crippen molar-refractivity contribution in [3.05, 3.63) is 77.6 Å². The largest absolute Gasteiger partial charge is 0.288 e. The van der Waals surface area contributed by atoms with E-state index < -0.39 is 21.4 Å². The fourth-order valence-electron chi connectivity index (χ4n) is 2.65. The Hall–Kier alpha value is -2.98. The minimum absolute atomic E-state index is 0.182. The van der Waals surface area contributed by atoms with Crippen LogP contribution in [0.3, 0.4) is 0 Å². The topological polar surface area (TPSA) is 120 Å². The molecule has 2 heterocycles. The fourth-order valence-corrected chi connectivity index (χ4v) is 4.91. The molecular weight excluding hydrogens is 380 g/mol. The third-order valence-electron chi connectivity index (χ3n) is 3.88. The highest BCUT2D eigenvalue weighted by molar-refractivity contribution is 8.08. The maximum atomic E-state index is 12.7. The third-order valence-corrected chi connectivity index (χ3v) is 6.35. The van der Waals surface area contributed by atoms with E-state index in [1.54, 1.807) is 0 Å². The first-order valence-corrected chi connectivity index (χ1v) is 8.76. The number of non-ortho nitro benzene ring substituents is 2. The summed E-state index contributed by atoms with van der Waals surface area (Å²) in [4.78, 5) is 47.4. The number of ketones is 2. The molecule has 4 rings (SSSR count). The number of carbonyl (C=O) groups excluding carboxylic acids is 2. The van der Waals surface area contributed by atoms with Crippen molar-refractivity contribution in [2.24, 2.45) is 0 Å². The van der Waals surface area contributed by atoms with Crippen molar-refractivity contribution >= 4 is 46.5 Å². The number of benzene rings is 2. The van der Waals surface area contributed by atoms with Gasteiger partial charge in [-0.15, -0.1) is 0 Å². The van der Waals surface area contributed by atoms with Gasteiger partial charge in [-0.05, 0) is 12.1 Å². The normalized spacial score (nSPS) is 18.0. The molecule has 0 aromatic heterocycles. The molecule has 10 heteroatoms. The molecule has 0 N–H and O–H groups in total. The van der Waals surface area contributed by atoms with Crippen LogP contribution >= 0.6 is 23.5 Å². The predicted octanol–water partition coefficient (Wildman–Crippen LogP) is 3.99. The Morgan fingerprint density at radius 2 is 1.08 bits per heavy atom. The van der Waals surface area contributed by atoms with Gasteiger partial charge in [0.2, 0.25) is 11.6 Å². The summed E-state index contributed by atoms with van der Waals surface area (Å²) in [7, 11) is 0. The first-order valence-electron chi connectivity index (χ1n) is 7.13. The second kappa shape index (κ2) is 5.78. The van der Waals surface area contributed by atoms with E-state index in [2.05, 4.69) is 0 Å². The summed E-state index contributed by atoms with van der Waals surface area (Å²) in [6, 6.07) is 7.95. The first-order chi connectivity index (χ1) is 12.4. The second-order valence-corrected chi connectivity index (χ2v) is 7.50. The summed E-state index contributed by atoms with van der Waals surface area (Å²) in [5, 5.41) is 21.8. The first kappa shape index (κ1) is 16.5.